The molecule has 3 rings (SSSR count). The van der Waals surface area contributed by atoms with Crippen LogP contribution in [0, 0.1) is 24.1 Å². The summed E-state index contributed by atoms with van der Waals surface area (Å²) in [6.07, 6.45) is 1.48. The Hall–Kier alpha value is -1.09. The van der Waals surface area contributed by atoms with Gasteiger partial charge in [-0.25, -0.2) is 4.39 Å². The minimum absolute atomic E-state index is 0.125. The van der Waals surface area contributed by atoms with E-state index in [1.54, 1.807) is 6.07 Å². The van der Waals surface area contributed by atoms with Crippen molar-refractivity contribution in [2.45, 2.75) is 39.3 Å². The van der Waals surface area contributed by atoms with Crippen LogP contribution >= 0.6 is 0 Å². The maximum absolute atomic E-state index is 13.5. The van der Waals surface area contributed by atoms with E-state index >= 15 is 0 Å². The molecule has 2 aliphatic rings. The summed E-state index contributed by atoms with van der Waals surface area (Å²) in [5.41, 5.74) is 1.74. The summed E-state index contributed by atoms with van der Waals surface area (Å²) in [7, 11) is 0. The predicted octanol–water partition coefficient (Wildman–Crippen LogP) is 3.36. The first-order chi connectivity index (χ1) is 8.51. The normalized spacial score (nSPS) is 32.8. The minimum Gasteiger partial charge on any atom is -0.381 e. The molecule has 1 heterocycles. The van der Waals surface area contributed by atoms with Gasteiger partial charge in [-0.3, -0.25) is 0 Å². The lowest BCUT2D eigenvalue weighted by Gasteiger charge is -2.55. The van der Waals surface area contributed by atoms with E-state index in [0.717, 1.165) is 18.7 Å². The molecule has 0 bridgehead atoms. The van der Waals surface area contributed by atoms with Crippen molar-refractivity contribution >= 4 is 5.69 Å². The average Bonchev–Trinajstić information content (AvgIpc) is 2.77. The first-order valence-electron chi connectivity index (χ1n) is 6.65. The molecule has 3 atom stereocenters. The zero-order valence-electron chi connectivity index (χ0n) is 11.2. The van der Waals surface area contributed by atoms with Crippen LogP contribution in [0.3, 0.4) is 0 Å². The van der Waals surface area contributed by atoms with Gasteiger partial charge in [0.05, 0.1) is 6.10 Å². The number of ether oxygens (including phenoxy) is 1. The SMILES string of the molecule is Cc1c(F)cccc1NC1C2CCOC2C1(C)C. The van der Waals surface area contributed by atoms with Gasteiger partial charge in [0, 0.05) is 35.2 Å². The molecule has 98 valence electrons. The number of benzene rings is 1. The van der Waals surface area contributed by atoms with Crippen LogP contribution in [0.25, 0.3) is 0 Å². The van der Waals surface area contributed by atoms with Gasteiger partial charge in [-0.2, -0.15) is 0 Å². The molecule has 1 aromatic rings. The van der Waals surface area contributed by atoms with Crippen molar-refractivity contribution in [2.75, 3.05) is 11.9 Å². The largest absolute Gasteiger partial charge is 0.381 e. The van der Waals surface area contributed by atoms with Gasteiger partial charge in [0.1, 0.15) is 5.82 Å². The maximum Gasteiger partial charge on any atom is 0.128 e. The summed E-state index contributed by atoms with van der Waals surface area (Å²) in [6, 6.07) is 5.61. The lowest BCUT2D eigenvalue weighted by atomic mass is 9.57. The topological polar surface area (TPSA) is 21.3 Å². The van der Waals surface area contributed by atoms with E-state index < -0.39 is 0 Å². The van der Waals surface area contributed by atoms with E-state index in [-0.39, 0.29) is 11.2 Å². The average molecular weight is 249 g/mol. The molecule has 1 aliphatic heterocycles. The molecule has 3 heteroatoms. The highest BCUT2D eigenvalue weighted by atomic mass is 19.1. The number of fused-ring (bicyclic) bond motifs is 1. The fourth-order valence-electron chi connectivity index (χ4n) is 3.55. The molecule has 1 aromatic carbocycles. The van der Waals surface area contributed by atoms with E-state index in [0.29, 0.717) is 23.6 Å². The monoisotopic (exact) mass is 249 g/mol. The van der Waals surface area contributed by atoms with Gasteiger partial charge in [-0.15, -0.1) is 0 Å². The van der Waals surface area contributed by atoms with E-state index in [9.17, 15) is 4.39 Å². The predicted molar refractivity (Wildman–Crippen MR) is 70.2 cm³/mol. The summed E-state index contributed by atoms with van der Waals surface area (Å²) in [5, 5.41) is 3.53. The van der Waals surface area contributed by atoms with Crippen molar-refractivity contribution < 1.29 is 9.13 Å². The van der Waals surface area contributed by atoms with Crippen LogP contribution in [0.15, 0.2) is 18.2 Å². The lowest BCUT2D eigenvalue weighted by molar-refractivity contribution is -0.0923. The van der Waals surface area contributed by atoms with Crippen molar-refractivity contribution in [1.82, 2.24) is 0 Å². The van der Waals surface area contributed by atoms with Crippen molar-refractivity contribution in [3.05, 3.63) is 29.6 Å². The molecule has 0 aromatic heterocycles. The highest BCUT2D eigenvalue weighted by Gasteiger charge is 2.59. The lowest BCUT2D eigenvalue weighted by Crippen LogP contribution is -2.63. The summed E-state index contributed by atoms with van der Waals surface area (Å²) in [6.45, 7) is 7.14. The van der Waals surface area contributed by atoms with Gasteiger partial charge in [-0.05, 0) is 25.5 Å². The second-order valence-electron chi connectivity index (χ2n) is 6.10. The zero-order chi connectivity index (χ0) is 12.9. The number of anilines is 1. The Morgan fingerprint density at radius 2 is 2.17 bits per heavy atom. The van der Waals surface area contributed by atoms with Crippen LogP contribution in [-0.2, 0) is 4.74 Å². The number of rotatable bonds is 2. The van der Waals surface area contributed by atoms with Crippen molar-refractivity contribution in [3.8, 4) is 0 Å². The molecule has 1 saturated heterocycles. The molecular weight excluding hydrogens is 229 g/mol. The van der Waals surface area contributed by atoms with Gasteiger partial charge >= 0.3 is 0 Å². The van der Waals surface area contributed by atoms with E-state index in [4.69, 9.17) is 4.74 Å². The van der Waals surface area contributed by atoms with Crippen molar-refractivity contribution in [2.24, 2.45) is 11.3 Å². The van der Waals surface area contributed by atoms with Gasteiger partial charge in [0.2, 0.25) is 0 Å². The van der Waals surface area contributed by atoms with Crippen molar-refractivity contribution in [1.29, 1.82) is 0 Å². The van der Waals surface area contributed by atoms with Gasteiger partial charge in [-0.1, -0.05) is 19.9 Å². The molecule has 1 N–H and O–H groups in total. The molecule has 1 aliphatic carbocycles. The maximum atomic E-state index is 13.5. The van der Waals surface area contributed by atoms with E-state index in [1.165, 1.54) is 6.07 Å². The quantitative estimate of drug-likeness (QED) is 0.867. The highest BCUT2D eigenvalue weighted by molar-refractivity contribution is 5.53. The second kappa shape index (κ2) is 3.95. The van der Waals surface area contributed by atoms with E-state index in [2.05, 4.69) is 19.2 Å². The third-order valence-electron chi connectivity index (χ3n) is 4.68. The molecule has 0 amide bonds. The van der Waals surface area contributed by atoms with Crippen LogP contribution in [-0.4, -0.2) is 18.8 Å². The minimum atomic E-state index is -0.142. The third-order valence-corrected chi connectivity index (χ3v) is 4.68. The third kappa shape index (κ3) is 1.57. The Labute approximate surface area is 108 Å². The fourth-order valence-corrected chi connectivity index (χ4v) is 3.55. The Bertz CT molecular complexity index is 472. The fraction of sp³-hybridized carbons (Fsp3) is 0.600. The molecule has 0 spiro atoms. The smallest absolute Gasteiger partial charge is 0.128 e. The first-order valence-corrected chi connectivity index (χ1v) is 6.65. The Balaban J connectivity index is 1.83. The number of nitrogens with one attached hydrogen (secondary N) is 1. The van der Waals surface area contributed by atoms with Crippen LogP contribution in [0.5, 0.6) is 0 Å². The molecule has 0 radical (unpaired) electrons. The van der Waals surface area contributed by atoms with Crippen LogP contribution in [0.4, 0.5) is 10.1 Å². The Morgan fingerprint density at radius 1 is 1.39 bits per heavy atom. The van der Waals surface area contributed by atoms with Crippen LogP contribution in [0.2, 0.25) is 0 Å². The summed E-state index contributed by atoms with van der Waals surface area (Å²) >= 11 is 0. The van der Waals surface area contributed by atoms with E-state index in [1.807, 2.05) is 13.0 Å². The summed E-state index contributed by atoms with van der Waals surface area (Å²) < 4.78 is 19.3. The van der Waals surface area contributed by atoms with Gasteiger partial charge in [0.15, 0.2) is 0 Å². The van der Waals surface area contributed by atoms with Crippen LogP contribution in [0.1, 0.15) is 25.8 Å². The summed E-state index contributed by atoms with van der Waals surface area (Å²) in [5.74, 6) is 0.430. The molecule has 1 saturated carbocycles. The standard InChI is InChI=1S/C15H20FNO/c1-9-11(16)5-4-6-12(9)17-13-10-7-8-18-14(10)15(13,2)3/h4-6,10,13-14,17H,7-8H2,1-3H3. The Morgan fingerprint density at radius 3 is 2.94 bits per heavy atom. The molecule has 2 fully saturated rings. The molecule has 2 nitrogen and oxygen atoms in total. The Kier molecular flexibility index (Phi) is 2.63. The molecular formula is C15H20FNO. The number of hydrogen-bond donors (Lipinski definition) is 1. The zero-order valence-corrected chi connectivity index (χ0v) is 11.2. The van der Waals surface area contributed by atoms with Gasteiger partial charge < -0.3 is 10.1 Å². The van der Waals surface area contributed by atoms with Gasteiger partial charge in [0.25, 0.3) is 0 Å². The number of halogens is 1. The van der Waals surface area contributed by atoms with Crippen molar-refractivity contribution in [3.63, 3.8) is 0 Å². The molecule has 3 unspecified atom stereocenters. The second-order valence-corrected chi connectivity index (χ2v) is 6.10. The number of hydrogen-bond acceptors (Lipinski definition) is 2. The molecule has 18 heavy (non-hydrogen) atoms. The summed E-state index contributed by atoms with van der Waals surface area (Å²) in [4.78, 5) is 0. The first kappa shape index (κ1) is 12.0. The van der Waals surface area contributed by atoms with Crippen LogP contribution < -0.4 is 5.32 Å². The highest BCUT2D eigenvalue weighted by Crippen LogP contribution is 2.53.